The highest BCUT2D eigenvalue weighted by Gasteiger charge is 2.46. The Kier molecular flexibility index (Phi) is 5.45. The number of hydrogen-bond acceptors (Lipinski definition) is 9. The van der Waals surface area contributed by atoms with Gasteiger partial charge in [-0.25, -0.2) is 0 Å². The van der Waals surface area contributed by atoms with Gasteiger partial charge in [0.05, 0.1) is 32.3 Å². The molecule has 34 heavy (non-hydrogen) atoms. The first-order chi connectivity index (χ1) is 16.5. The molecule has 9 nitrogen and oxygen atoms in total. The van der Waals surface area contributed by atoms with Gasteiger partial charge in [0.15, 0.2) is 16.9 Å². The Labute approximate surface area is 198 Å². The molecule has 0 fully saturated rings. The summed E-state index contributed by atoms with van der Waals surface area (Å²) >= 11 is 1.29. The number of nitrogens with zero attached hydrogens (tertiary/aromatic N) is 3. The summed E-state index contributed by atoms with van der Waals surface area (Å²) in [5.41, 5.74) is 0.732. The smallest absolute Gasteiger partial charge is 0.297 e. The topological polar surface area (TPSA) is 104 Å². The summed E-state index contributed by atoms with van der Waals surface area (Å²) in [6.45, 7) is 1.96. The van der Waals surface area contributed by atoms with Crippen LogP contribution in [0.1, 0.15) is 39.7 Å². The zero-order valence-corrected chi connectivity index (χ0v) is 19.8. The van der Waals surface area contributed by atoms with Crippen molar-refractivity contribution in [3.05, 3.63) is 68.5 Å². The number of carbonyl (C=O) groups is 1. The lowest BCUT2D eigenvalue weighted by atomic mass is 9.97. The molecule has 0 saturated carbocycles. The first-order valence-corrected chi connectivity index (χ1v) is 11.4. The van der Waals surface area contributed by atoms with Gasteiger partial charge in [0, 0.05) is 11.6 Å². The lowest BCUT2D eigenvalue weighted by Gasteiger charge is -2.24. The van der Waals surface area contributed by atoms with Gasteiger partial charge < -0.3 is 18.6 Å². The molecular weight excluding hydrogens is 458 g/mol. The van der Waals surface area contributed by atoms with Gasteiger partial charge in [-0.3, -0.25) is 14.5 Å². The van der Waals surface area contributed by atoms with E-state index in [4.69, 9.17) is 18.6 Å². The van der Waals surface area contributed by atoms with Crippen LogP contribution in [0.5, 0.6) is 17.2 Å². The van der Waals surface area contributed by atoms with E-state index in [1.54, 1.807) is 36.4 Å². The highest BCUT2D eigenvalue weighted by Crippen LogP contribution is 2.47. The SMILES string of the molecule is CCc1nnc(N2C(=O)c3oc4cc(OC)ccc4c(=O)c3C2c2cccc(OC)c2OC)s1. The van der Waals surface area contributed by atoms with Crippen LogP contribution in [0.3, 0.4) is 0 Å². The molecule has 0 radical (unpaired) electrons. The molecule has 0 bridgehead atoms. The van der Waals surface area contributed by atoms with Crippen molar-refractivity contribution < 1.29 is 23.4 Å². The maximum absolute atomic E-state index is 13.8. The second-order valence-electron chi connectivity index (χ2n) is 7.53. The number of methoxy groups -OCH3 is 3. The van der Waals surface area contributed by atoms with Gasteiger partial charge in [-0.05, 0) is 24.6 Å². The summed E-state index contributed by atoms with van der Waals surface area (Å²) < 4.78 is 22.4. The first-order valence-electron chi connectivity index (χ1n) is 10.5. The van der Waals surface area contributed by atoms with E-state index in [0.29, 0.717) is 39.8 Å². The largest absolute Gasteiger partial charge is 0.497 e. The Morgan fingerprint density at radius 3 is 2.56 bits per heavy atom. The molecule has 5 rings (SSSR count). The summed E-state index contributed by atoms with van der Waals surface area (Å²) in [5.74, 6) is 0.873. The number of hydrogen-bond donors (Lipinski definition) is 0. The van der Waals surface area contributed by atoms with Gasteiger partial charge in [0.25, 0.3) is 5.91 Å². The summed E-state index contributed by atoms with van der Waals surface area (Å²) in [5, 5.41) is 9.89. The minimum atomic E-state index is -0.840. The third-order valence-electron chi connectivity index (χ3n) is 5.77. The van der Waals surface area contributed by atoms with Crippen molar-refractivity contribution in [1.82, 2.24) is 10.2 Å². The van der Waals surface area contributed by atoms with E-state index >= 15 is 0 Å². The molecule has 1 aliphatic heterocycles. The van der Waals surface area contributed by atoms with Crippen molar-refractivity contribution >= 4 is 33.3 Å². The molecular formula is C24H21N3O6S. The quantitative estimate of drug-likeness (QED) is 0.409. The molecule has 1 aliphatic rings. The predicted molar refractivity (Wildman–Crippen MR) is 127 cm³/mol. The average Bonchev–Trinajstić information content (AvgIpc) is 3.45. The molecule has 174 valence electrons. The zero-order chi connectivity index (χ0) is 24.0. The van der Waals surface area contributed by atoms with Gasteiger partial charge >= 0.3 is 0 Å². The van der Waals surface area contributed by atoms with Crippen LogP contribution in [0, 0.1) is 0 Å². The van der Waals surface area contributed by atoms with E-state index in [1.807, 2.05) is 6.92 Å². The van der Waals surface area contributed by atoms with Crippen LogP contribution >= 0.6 is 11.3 Å². The van der Waals surface area contributed by atoms with E-state index in [2.05, 4.69) is 10.2 Å². The third-order valence-corrected chi connectivity index (χ3v) is 6.84. The second-order valence-corrected chi connectivity index (χ2v) is 8.57. The third kappa shape index (κ3) is 3.21. The van der Waals surface area contributed by atoms with Gasteiger partial charge in [0.2, 0.25) is 10.9 Å². The Bertz CT molecular complexity index is 1480. The number of benzene rings is 2. The number of aromatic nitrogens is 2. The molecule has 0 spiro atoms. The maximum Gasteiger partial charge on any atom is 0.297 e. The van der Waals surface area contributed by atoms with Gasteiger partial charge in [-0.1, -0.05) is 30.4 Å². The minimum Gasteiger partial charge on any atom is -0.497 e. The monoisotopic (exact) mass is 479 g/mol. The van der Waals surface area contributed by atoms with Crippen LogP contribution in [0.15, 0.2) is 45.6 Å². The van der Waals surface area contributed by atoms with Crippen molar-refractivity contribution in [3.8, 4) is 17.2 Å². The first kappa shape index (κ1) is 21.9. The van der Waals surface area contributed by atoms with E-state index in [-0.39, 0.29) is 22.3 Å². The molecule has 0 aliphatic carbocycles. The van der Waals surface area contributed by atoms with Gasteiger partial charge in [-0.15, -0.1) is 10.2 Å². The Morgan fingerprint density at radius 2 is 1.88 bits per heavy atom. The average molecular weight is 480 g/mol. The van der Waals surface area contributed by atoms with E-state index in [0.717, 1.165) is 5.01 Å². The Balaban J connectivity index is 1.83. The van der Waals surface area contributed by atoms with Crippen molar-refractivity contribution in [3.63, 3.8) is 0 Å². The highest BCUT2D eigenvalue weighted by atomic mass is 32.1. The van der Waals surface area contributed by atoms with Crippen LogP contribution in [-0.4, -0.2) is 37.4 Å². The van der Waals surface area contributed by atoms with Crippen molar-refractivity contribution in [1.29, 1.82) is 0 Å². The summed E-state index contributed by atoms with van der Waals surface area (Å²) in [4.78, 5) is 28.9. The highest BCUT2D eigenvalue weighted by molar-refractivity contribution is 7.15. The number of aryl methyl sites for hydroxylation is 1. The number of amides is 1. The van der Waals surface area contributed by atoms with Crippen molar-refractivity contribution in [2.24, 2.45) is 0 Å². The summed E-state index contributed by atoms with van der Waals surface area (Å²) in [7, 11) is 4.56. The molecule has 10 heteroatoms. The van der Waals surface area contributed by atoms with Crippen LogP contribution in [0.4, 0.5) is 5.13 Å². The minimum absolute atomic E-state index is 0.0473. The fraction of sp³-hybridized carbons (Fsp3) is 0.250. The maximum atomic E-state index is 13.8. The fourth-order valence-corrected chi connectivity index (χ4v) is 4.99. The van der Waals surface area contributed by atoms with E-state index in [1.165, 1.54) is 37.6 Å². The van der Waals surface area contributed by atoms with Crippen LogP contribution in [0.25, 0.3) is 11.0 Å². The lowest BCUT2D eigenvalue weighted by Crippen LogP contribution is -2.29. The molecule has 1 unspecified atom stereocenters. The molecule has 1 atom stereocenters. The molecule has 4 aromatic rings. The molecule has 0 saturated heterocycles. The zero-order valence-electron chi connectivity index (χ0n) is 18.9. The van der Waals surface area contributed by atoms with Crippen LogP contribution < -0.4 is 24.5 Å². The number of carbonyl (C=O) groups excluding carboxylic acids is 1. The molecule has 0 N–H and O–H groups in total. The summed E-state index contributed by atoms with van der Waals surface area (Å²) in [6.07, 6.45) is 0.667. The van der Waals surface area contributed by atoms with E-state index < -0.39 is 11.9 Å². The van der Waals surface area contributed by atoms with Gasteiger partial charge in [0.1, 0.15) is 22.4 Å². The van der Waals surface area contributed by atoms with Crippen LogP contribution in [0.2, 0.25) is 0 Å². The van der Waals surface area contributed by atoms with E-state index in [9.17, 15) is 9.59 Å². The van der Waals surface area contributed by atoms with Gasteiger partial charge in [-0.2, -0.15) is 0 Å². The van der Waals surface area contributed by atoms with Crippen LogP contribution in [-0.2, 0) is 6.42 Å². The summed E-state index contributed by atoms with van der Waals surface area (Å²) in [6, 6.07) is 9.39. The number of fused-ring (bicyclic) bond motifs is 2. The number of para-hydroxylation sites is 1. The second kappa shape index (κ2) is 8.45. The number of ether oxygens (including phenoxy) is 3. The fourth-order valence-electron chi connectivity index (χ4n) is 4.18. The predicted octanol–water partition coefficient (Wildman–Crippen LogP) is 3.98. The van der Waals surface area contributed by atoms with Crippen molar-refractivity contribution in [2.45, 2.75) is 19.4 Å². The number of rotatable bonds is 6. The Hall–Kier alpha value is -3.92. The molecule has 1 amide bonds. The Morgan fingerprint density at radius 1 is 1.06 bits per heavy atom. The lowest BCUT2D eigenvalue weighted by molar-refractivity contribution is 0.0970. The molecule has 2 aromatic carbocycles. The van der Waals surface area contributed by atoms with Crippen molar-refractivity contribution in [2.75, 3.05) is 26.2 Å². The number of anilines is 1. The molecule has 3 heterocycles. The standard InChI is InChI=1S/C24H21N3O6S/c1-5-17-25-26-24(34-17)27-19(14-7-6-8-15(31-3)21(14)32-4)18-20(28)13-10-9-12(30-2)11-16(13)33-22(18)23(27)29/h6-11,19H,5H2,1-4H3. The normalized spacial score (nSPS) is 15.0. The molecule has 2 aromatic heterocycles.